The van der Waals surface area contributed by atoms with Gasteiger partial charge in [0.2, 0.25) is 0 Å². The molecule has 8 heteroatoms. The summed E-state index contributed by atoms with van der Waals surface area (Å²) >= 11 is 0. The van der Waals surface area contributed by atoms with E-state index in [1.807, 2.05) is 0 Å². The molecule has 0 aromatic rings. The fourth-order valence-corrected chi connectivity index (χ4v) is 0.324. The van der Waals surface area contributed by atoms with Gasteiger partial charge >= 0.3 is 18.0 Å². The zero-order chi connectivity index (χ0) is 10.2. The molecule has 0 heterocycles. The van der Waals surface area contributed by atoms with E-state index in [4.69, 9.17) is 0 Å². The highest BCUT2D eigenvalue weighted by Crippen LogP contribution is 2.45. The summed E-state index contributed by atoms with van der Waals surface area (Å²) in [4.78, 5) is 0. The third-order valence-electron chi connectivity index (χ3n) is 1.10. The van der Waals surface area contributed by atoms with E-state index in [1.54, 1.807) is 0 Å². The smallest absolute Gasteiger partial charge is 0.232 e. The quantitative estimate of drug-likeness (QED) is 0.577. The molecule has 73 valence electrons. The molecule has 1 radical (unpaired) electrons. The molecule has 0 aliphatic carbocycles. The summed E-state index contributed by atoms with van der Waals surface area (Å²) < 4.78 is 79.8. The van der Waals surface area contributed by atoms with E-state index in [0.717, 1.165) is 0 Å². The van der Waals surface area contributed by atoms with Gasteiger partial charge in [0.25, 0.3) is 0 Å². The highest BCUT2D eigenvalue weighted by molar-refractivity contribution is 4.93. The van der Waals surface area contributed by atoms with E-state index in [-0.39, 0.29) is 0 Å². The summed E-state index contributed by atoms with van der Waals surface area (Å²) in [6, 6.07) is 0. The lowest BCUT2D eigenvalue weighted by molar-refractivity contribution is -0.352. The van der Waals surface area contributed by atoms with Crippen LogP contribution in [0.15, 0.2) is 0 Å². The Morgan fingerprint density at radius 3 is 1.00 bits per heavy atom. The maximum absolute atomic E-state index is 12.0. The van der Waals surface area contributed by atoms with Crippen molar-refractivity contribution in [1.82, 2.24) is 0 Å². The number of hydrogen-bond acceptors (Lipinski definition) is 0. The third kappa shape index (κ3) is 1.62. The second kappa shape index (κ2) is 2.75. The second-order valence-electron chi connectivity index (χ2n) is 1.94. The average Bonchev–Trinajstić information content (AvgIpc) is 1.81. The monoisotopic (exact) mass is 199 g/mol. The van der Waals surface area contributed by atoms with Gasteiger partial charge in [-0.2, -0.15) is 26.3 Å². The van der Waals surface area contributed by atoms with Crippen molar-refractivity contribution in [3.05, 3.63) is 0 Å². The first-order chi connectivity index (χ1) is 5.06. The van der Waals surface area contributed by atoms with Crippen LogP contribution in [-0.4, -0.2) is 24.6 Å². The van der Waals surface area contributed by atoms with Crippen LogP contribution >= 0.6 is 0 Å². The first-order valence-electron chi connectivity index (χ1n) is 2.47. The Balaban J connectivity index is 4.95. The van der Waals surface area contributed by atoms with Crippen molar-refractivity contribution in [3.63, 3.8) is 0 Å². The van der Waals surface area contributed by atoms with Crippen LogP contribution in [0.3, 0.4) is 0 Å². The summed E-state index contributed by atoms with van der Waals surface area (Å²) in [6.45, 7) is -2.92. The molecule has 0 amide bonds. The molecule has 0 aliphatic heterocycles. The van der Waals surface area contributed by atoms with E-state index < -0.39 is 24.6 Å². The molecule has 0 bridgehead atoms. The van der Waals surface area contributed by atoms with Crippen molar-refractivity contribution >= 4 is 0 Å². The van der Waals surface area contributed by atoms with Crippen molar-refractivity contribution in [2.24, 2.45) is 0 Å². The van der Waals surface area contributed by atoms with Crippen LogP contribution in [0.25, 0.3) is 0 Å². The van der Waals surface area contributed by atoms with Gasteiger partial charge in [0.15, 0.2) is 0 Å². The molecule has 0 fully saturated rings. The summed E-state index contributed by atoms with van der Waals surface area (Å²) in [5.74, 6) is 0. The van der Waals surface area contributed by atoms with Crippen LogP contribution < -0.4 is 0 Å². The molecule has 1 nitrogen and oxygen atoms in total. The molecule has 12 heavy (non-hydrogen) atoms. The number of alkyl halides is 7. The molecule has 0 rings (SSSR count). The van der Waals surface area contributed by atoms with Gasteiger partial charge in [0.1, 0.15) is 6.61 Å². The Bertz CT molecular complexity index is 142. The van der Waals surface area contributed by atoms with Crippen LogP contribution in [0.5, 0.6) is 0 Å². The Hall–Kier alpha value is -0.530. The summed E-state index contributed by atoms with van der Waals surface area (Å²) in [5, 5.41) is 9.43. The topological polar surface area (TPSA) is 19.9 Å². The normalized spacial score (nSPS) is 15.0. The minimum atomic E-state index is -6.22. The van der Waals surface area contributed by atoms with E-state index >= 15 is 0 Å². The standard InChI is InChI=1S/C4H2F7O/c5-2(1-12,3(6,7)8)4(9,10)11/h1H2. The van der Waals surface area contributed by atoms with Gasteiger partial charge < -0.3 is 0 Å². The van der Waals surface area contributed by atoms with Gasteiger partial charge in [-0.15, -0.1) is 0 Å². The first kappa shape index (κ1) is 11.5. The lowest BCUT2D eigenvalue weighted by atomic mass is 10.1. The highest BCUT2D eigenvalue weighted by atomic mass is 19.4. The zero-order valence-corrected chi connectivity index (χ0v) is 5.26. The van der Waals surface area contributed by atoms with Gasteiger partial charge in [0.05, 0.1) is 0 Å². The third-order valence-corrected chi connectivity index (χ3v) is 1.10. The molecule has 0 aromatic carbocycles. The van der Waals surface area contributed by atoms with Gasteiger partial charge in [-0.25, -0.2) is 9.50 Å². The molecule has 0 saturated heterocycles. The number of hydrogen-bond donors (Lipinski definition) is 0. The Kier molecular flexibility index (Phi) is 2.63. The molecule has 0 N–H and O–H groups in total. The predicted octanol–water partition coefficient (Wildman–Crippen LogP) is 2.25. The van der Waals surface area contributed by atoms with E-state index in [9.17, 15) is 35.8 Å². The van der Waals surface area contributed by atoms with Crippen LogP contribution in [0.2, 0.25) is 0 Å². The highest BCUT2D eigenvalue weighted by Gasteiger charge is 2.72. The minimum Gasteiger partial charge on any atom is -0.232 e. The summed E-state index contributed by atoms with van der Waals surface area (Å²) in [6.07, 6.45) is -12.4. The van der Waals surface area contributed by atoms with Gasteiger partial charge in [0, 0.05) is 0 Å². The van der Waals surface area contributed by atoms with Crippen molar-refractivity contribution in [2.45, 2.75) is 18.0 Å². The van der Waals surface area contributed by atoms with Crippen molar-refractivity contribution < 1.29 is 35.8 Å². The Morgan fingerprint density at radius 2 is 1.00 bits per heavy atom. The minimum absolute atomic E-state index is 2.92. The molecule has 0 unspecified atom stereocenters. The van der Waals surface area contributed by atoms with Crippen LogP contribution in [-0.2, 0) is 5.11 Å². The van der Waals surface area contributed by atoms with Crippen molar-refractivity contribution in [2.75, 3.05) is 6.61 Å². The average molecular weight is 199 g/mol. The molecular formula is C4H2F7O. The van der Waals surface area contributed by atoms with E-state index in [0.29, 0.717) is 0 Å². The van der Waals surface area contributed by atoms with Gasteiger partial charge in [-0.05, 0) is 0 Å². The summed E-state index contributed by atoms with van der Waals surface area (Å²) in [5.41, 5.74) is -5.64. The fraction of sp³-hybridized carbons (Fsp3) is 1.00. The zero-order valence-electron chi connectivity index (χ0n) is 5.26. The van der Waals surface area contributed by atoms with Crippen molar-refractivity contribution in [3.8, 4) is 0 Å². The summed E-state index contributed by atoms with van der Waals surface area (Å²) in [7, 11) is 0. The lowest BCUT2D eigenvalue weighted by Gasteiger charge is -2.26. The van der Waals surface area contributed by atoms with Gasteiger partial charge in [-0.1, -0.05) is 0 Å². The maximum Gasteiger partial charge on any atom is 0.434 e. The SMILES string of the molecule is [O]CC(F)(C(F)(F)F)C(F)(F)F. The van der Waals surface area contributed by atoms with Crippen LogP contribution in [0, 0.1) is 0 Å². The fourth-order valence-electron chi connectivity index (χ4n) is 0.324. The largest absolute Gasteiger partial charge is 0.434 e. The maximum atomic E-state index is 12.0. The molecule has 0 spiro atoms. The lowest BCUT2D eigenvalue weighted by Crippen LogP contribution is -2.55. The van der Waals surface area contributed by atoms with E-state index in [1.165, 1.54) is 0 Å². The Labute approximate surface area is 61.8 Å². The molecule has 0 atom stereocenters. The Morgan fingerprint density at radius 1 is 0.750 bits per heavy atom. The molecule has 0 aromatic heterocycles. The predicted molar refractivity (Wildman–Crippen MR) is 21.5 cm³/mol. The number of rotatable bonds is 1. The van der Waals surface area contributed by atoms with Gasteiger partial charge in [-0.3, -0.25) is 0 Å². The molecular weight excluding hydrogens is 197 g/mol. The van der Waals surface area contributed by atoms with Crippen LogP contribution in [0.4, 0.5) is 30.7 Å². The van der Waals surface area contributed by atoms with Crippen molar-refractivity contribution in [1.29, 1.82) is 0 Å². The second-order valence-corrected chi connectivity index (χ2v) is 1.94. The first-order valence-corrected chi connectivity index (χ1v) is 2.47. The molecule has 0 aliphatic rings. The van der Waals surface area contributed by atoms with Crippen LogP contribution in [0.1, 0.15) is 0 Å². The molecule has 0 saturated carbocycles. The van der Waals surface area contributed by atoms with E-state index in [2.05, 4.69) is 0 Å². The number of halogens is 7.